The van der Waals surface area contributed by atoms with Gasteiger partial charge in [0.2, 0.25) is 0 Å². The Balaban J connectivity index is 2.02. The second-order valence-corrected chi connectivity index (χ2v) is 3.63. The average Bonchev–Trinajstić information content (AvgIpc) is 2.20. The molecule has 1 N–H and O–H groups in total. The highest BCUT2D eigenvalue weighted by molar-refractivity contribution is 5.74. The van der Waals surface area contributed by atoms with Crippen molar-refractivity contribution in [1.29, 1.82) is 0 Å². The number of rotatable bonds is 6. The van der Waals surface area contributed by atoms with E-state index in [2.05, 4.69) is 5.32 Å². The standard InChI is InChI=1S/C10H20N2O2/c1-14-9-4-2-3-7-12-8-5-6-11-10(12)13/h2-9H2,1H3,(H,11,13). The predicted octanol–water partition coefficient (Wildman–Crippen LogP) is 1.22. The summed E-state index contributed by atoms with van der Waals surface area (Å²) in [5, 5.41) is 2.85. The van der Waals surface area contributed by atoms with Gasteiger partial charge in [-0.3, -0.25) is 0 Å². The molecular weight excluding hydrogens is 180 g/mol. The van der Waals surface area contributed by atoms with Gasteiger partial charge in [0.1, 0.15) is 0 Å². The van der Waals surface area contributed by atoms with Crippen molar-refractivity contribution in [2.75, 3.05) is 33.4 Å². The van der Waals surface area contributed by atoms with Crippen LogP contribution in [-0.2, 0) is 4.74 Å². The van der Waals surface area contributed by atoms with Crippen LogP contribution in [0, 0.1) is 0 Å². The lowest BCUT2D eigenvalue weighted by Gasteiger charge is -2.27. The van der Waals surface area contributed by atoms with Crippen LogP contribution < -0.4 is 5.32 Å². The first-order valence-electron chi connectivity index (χ1n) is 5.36. The van der Waals surface area contributed by atoms with E-state index >= 15 is 0 Å². The largest absolute Gasteiger partial charge is 0.385 e. The van der Waals surface area contributed by atoms with Crippen molar-refractivity contribution in [2.24, 2.45) is 0 Å². The van der Waals surface area contributed by atoms with Gasteiger partial charge in [0.15, 0.2) is 0 Å². The van der Waals surface area contributed by atoms with Gasteiger partial charge in [-0.2, -0.15) is 0 Å². The van der Waals surface area contributed by atoms with Gasteiger partial charge in [-0.15, -0.1) is 0 Å². The van der Waals surface area contributed by atoms with Crippen molar-refractivity contribution in [3.63, 3.8) is 0 Å². The van der Waals surface area contributed by atoms with E-state index in [4.69, 9.17) is 4.74 Å². The summed E-state index contributed by atoms with van der Waals surface area (Å²) in [4.78, 5) is 13.2. The van der Waals surface area contributed by atoms with Crippen LogP contribution in [-0.4, -0.2) is 44.3 Å². The maximum Gasteiger partial charge on any atom is 0.317 e. The summed E-state index contributed by atoms with van der Waals surface area (Å²) >= 11 is 0. The van der Waals surface area contributed by atoms with Crippen molar-refractivity contribution < 1.29 is 9.53 Å². The van der Waals surface area contributed by atoms with E-state index in [9.17, 15) is 4.79 Å². The Kier molecular flexibility index (Phi) is 5.37. The van der Waals surface area contributed by atoms with E-state index in [-0.39, 0.29) is 6.03 Å². The Bertz CT molecular complexity index is 174. The summed E-state index contributed by atoms with van der Waals surface area (Å²) in [6, 6.07) is 0.1000. The van der Waals surface area contributed by atoms with Gasteiger partial charge in [-0.05, 0) is 25.7 Å². The summed E-state index contributed by atoms with van der Waals surface area (Å²) in [6.07, 6.45) is 4.38. The molecule has 82 valence electrons. The lowest BCUT2D eigenvalue weighted by atomic mass is 10.2. The number of nitrogens with zero attached hydrogens (tertiary/aromatic N) is 1. The molecule has 4 nitrogen and oxygen atoms in total. The summed E-state index contributed by atoms with van der Waals surface area (Å²) < 4.78 is 4.96. The van der Waals surface area contributed by atoms with Gasteiger partial charge in [0.05, 0.1) is 0 Å². The van der Waals surface area contributed by atoms with Crippen LogP contribution >= 0.6 is 0 Å². The molecule has 0 aromatic carbocycles. The third-order valence-electron chi connectivity index (χ3n) is 2.44. The number of nitrogens with one attached hydrogen (secondary N) is 1. The smallest absolute Gasteiger partial charge is 0.317 e. The molecule has 0 aromatic rings. The fraction of sp³-hybridized carbons (Fsp3) is 0.900. The van der Waals surface area contributed by atoms with Crippen LogP contribution in [0.4, 0.5) is 4.79 Å². The quantitative estimate of drug-likeness (QED) is 0.655. The van der Waals surface area contributed by atoms with Crippen LogP contribution in [0.3, 0.4) is 0 Å². The van der Waals surface area contributed by atoms with Gasteiger partial charge >= 0.3 is 6.03 Å². The fourth-order valence-electron chi connectivity index (χ4n) is 1.62. The molecule has 0 atom stereocenters. The van der Waals surface area contributed by atoms with Gasteiger partial charge in [0, 0.05) is 33.4 Å². The number of carbonyl (C=O) groups is 1. The molecule has 1 heterocycles. The molecule has 14 heavy (non-hydrogen) atoms. The van der Waals surface area contributed by atoms with E-state index in [0.29, 0.717) is 0 Å². The number of carbonyl (C=O) groups excluding carboxylic acids is 1. The first-order valence-corrected chi connectivity index (χ1v) is 5.36. The molecule has 2 amide bonds. The van der Waals surface area contributed by atoms with Gasteiger partial charge in [-0.1, -0.05) is 0 Å². The minimum absolute atomic E-state index is 0.1000. The lowest BCUT2D eigenvalue weighted by molar-refractivity contribution is 0.178. The Hall–Kier alpha value is -0.770. The number of amides is 2. The monoisotopic (exact) mass is 200 g/mol. The minimum Gasteiger partial charge on any atom is -0.385 e. The van der Waals surface area contributed by atoms with Crippen molar-refractivity contribution in [1.82, 2.24) is 10.2 Å². The number of methoxy groups -OCH3 is 1. The van der Waals surface area contributed by atoms with Gasteiger partial charge < -0.3 is 15.0 Å². The first kappa shape index (κ1) is 11.3. The van der Waals surface area contributed by atoms with E-state index in [1.807, 2.05) is 4.90 Å². The normalized spacial score (nSPS) is 16.9. The molecule has 0 bridgehead atoms. The number of unbranched alkanes of at least 4 members (excludes halogenated alkanes) is 2. The first-order chi connectivity index (χ1) is 6.84. The number of hydrogen-bond donors (Lipinski definition) is 1. The van der Waals surface area contributed by atoms with Crippen LogP contribution in [0.1, 0.15) is 25.7 Å². The second-order valence-electron chi connectivity index (χ2n) is 3.63. The molecule has 0 aromatic heterocycles. The molecule has 1 aliphatic rings. The SMILES string of the molecule is COCCCCCN1CCCNC1=O. The molecule has 0 spiro atoms. The molecule has 1 saturated heterocycles. The Labute approximate surface area is 85.6 Å². The van der Waals surface area contributed by atoms with Crippen molar-refractivity contribution in [3.05, 3.63) is 0 Å². The molecule has 1 fully saturated rings. The number of hydrogen-bond acceptors (Lipinski definition) is 2. The molecule has 0 radical (unpaired) electrons. The Morgan fingerprint density at radius 1 is 1.43 bits per heavy atom. The number of urea groups is 1. The molecule has 1 rings (SSSR count). The zero-order valence-electron chi connectivity index (χ0n) is 8.92. The molecule has 1 aliphatic heterocycles. The Morgan fingerprint density at radius 3 is 3.00 bits per heavy atom. The maximum absolute atomic E-state index is 11.3. The van der Waals surface area contributed by atoms with Crippen LogP contribution in [0.15, 0.2) is 0 Å². The van der Waals surface area contributed by atoms with E-state index in [0.717, 1.165) is 51.9 Å². The zero-order valence-corrected chi connectivity index (χ0v) is 8.92. The molecule has 0 unspecified atom stereocenters. The average molecular weight is 200 g/mol. The van der Waals surface area contributed by atoms with Crippen LogP contribution in [0.5, 0.6) is 0 Å². The molecule has 0 aliphatic carbocycles. The summed E-state index contributed by atoms with van der Waals surface area (Å²) in [5.41, 5.74) is 0. The predicted molar refractivity (Wildman–Crippen MR) is 55.3 cm³/mol. The van der Waals surface area contributed by atoms with E-state index in [1.165, 1.54) is 0 Å². The highest BCUT2D eigenvalue weighted by Gasteiger charge is 2.15. The third-order valence-corrected chi connectivity index (χ3v) is 2.44. The molecular formula is C10H20N2O2. The van der Waals surface area contributed by atoms with Crippen molar-refractivity contribution in [2.45, 2.75) is 25.7 Å². The molecule has 0 saturated carbocycles. The van der Waals surface area contributed by atoms with Crippen molar-refractivity contribution in [3.8, 4) is 0 Å². The zero-order chi connectivity index (χ0) is 10.2. The second kappa shape index (κ2) is 6.65. The van der Waals surface area contributed by atoms with E-state index in [1.54, 1.807) is 7.11 Å². The minimum atomic E-state index is 0.1000. The highest BCUT2D eigenvalue weighted by atomic mass is 16.5. The summed E-state index contributed by atoms with van der Waals surface area (Å²) in [6.45, 7) is 3.46. The van der Waals surface area contributed by atoms with Gasteiger partial charge in [0.25, 0.3) is 0 Å². The fourth-order valence-corrected chi connectivity index (χ4v) is 1.62. The van der Waals surface area contributed by atoms with E-state index < -0.39 is 0 Å². The van der Waals surface area contributed by atoms with Gasteiger partial charge in [-0.25, -0.2) is 4.79 Å². The number of ether oxygens (including phenoxy) is 1. The molecule has 4 heteroatoms. The maximum atomic E-state index is 11.3. The van der Waals surface area contributed by atoms with Crippen LogP contribution in [0.25, 0.3) is 0 Å². The lowest BCUT2D eigenvalue weighted by Crippen LogP contribution is -2.46. The Morgan fingerprint density at radius 2 is 2.29 bits per heavy atom. The van der Waals surface area contributed by atoms with Crippen LogP contribution in [0.2, 0.25) is 0 Å². The summed E-state index contributed by atoms with van der Waals surface area (Å²) in [5.74, 6) is 0. The summed E-state index contributed by atoms with van der Waals surface area (Å²) in [7, 11) is 1.72. The topological polar surface area (TPSA) is 41.6 Å². The highest BCUT2D eigenvalue weighted by Crippen LogP contribution is 2.03. The van der Waals surface area contributed by atoms with Crippen molar-refractivity contribution >= 4 is 6.03 Å². The third kappa shape index (κ3) is 3.96.